The Morgan fingerprint density at radius 1 is 1.35 bits per heavy atom. The molecule has 0 saturated heterocycles. The van der Waals surface area contributed by atoms with Gasteiger partial charge in [-0.15, -0.1) is 23.1 Å². The van der Waals surface area contributed by atoms with Crippen molar-refractivity contribution in [2.24, 2.45) is 5.92 Å². The van der Waals surface area contributed by atoms with E-state index in [9.17, 15) is 14.7 Å². The molecule has 1 N–H and O–H groups in total. The van der Waals surface area contributed by atoms with E-state index in [0.29, 0.717) is 24.4 Å². The van der Waals surface area contributed by atoms with E-state index in [1.54, 1.807) is 34.9 Å². The Balaban J connectivity index is 1.39. The molecule has 31 heavy (non-hydrogen) atoms. The molecule has 1 aliphatic carbocycles. The van der Waals surface area contributed by atoms with Gasteiger partial charge in [-0.25, -0.2) is 0 Å². The Labute approximate surface area is 196 Å². The number of allylic oxidation sites excluding steroid dienone is 1. The lowest BCUT2D eigenvalue weighted by Gasteiger charge is -2.15. The molecule has 0 aliphatic heterocycles. The number of fused-ring (bicyclic) bond motifs is 1. The Kier molecular flexibility index (Phi) is 9.96. The maximum Gasteiger partial charge on any atom is 0.315 e. The molecule has 1 aromatic heterocycles. The van der Waals surface area contributed by atoms with Gasteiger partial charge in [-0.05, 0) is 60.6 Å². The summed E-state index contributed by atoms with van der Waals surface area (Å²) >= 11 is 5.08. The molecular formula is C24H30O4S3. The Bertz CT molecular complexity index is 859. The highest BCUT2D eigenvalue weighted by Gasteiger charge is 2.33. The Hall–Kier alpha value is -1.28. The molecule has 0 unspecified atom stereocenters. The van der Waals surface area contributed by atoms with Crippen molar-refractivity contribution in [2.75, 3.05) is 24.4 Å². The number of thiophene rings is 1. The largest absolute Gasteiger partial charge is 0.468 e. The fourth-order valence-corrected chi connectivity index (χ4v) is 7.04. The van der Waals surface area contributed by atoms with Crippen molar-refractivity contribution < 1.29 is 19.4 Å². The van der Waals surface area contributed by atoms with Crippen LogP contribution in [-0.4, -0.2) is 52.6 Å². The summed E-state index contributed by atoms with van der Waals surface area (Å²) in [6.45, 7) is 0. The number of carbonyl (C=O) groups excluding carboxylic acids is 2. The molecule has 7 heteroatoms. The lowest BCUT2D eigenvalue weighted by molar-refractivity contribution is -0.137. The van der Waals surface area contributed by atoms with Gasteiger partial charge in [0, 0.05) is 16.0 Å². The van der Waals surface area contributed by atoms with Crippen molar-refractivity contribution in [3.05, 3.63) is 47.4 Å². The third-order valence-corrected chi connectivity index (χ3v) is 9.04. The third kappa shape index (κ3) is 7.67. The highest BCUT2D eigenvalue weighted by Crippen LogP contribution is 2.34. The SMILES string of the molecule is COC(=O)CSCCCS[C@H]1C(=O)CC[C@H]1C=C[C@H](O)CCc1cc2ccccc2s1. The van der Waals surface area contributed by atoms with E-state index in [1.807, 2.05) is 6.08 Å². The van der Waals surface area contributed by atoms with Crippen LogP contribution < -0.4 is 0 Å². The van der Waals surface area contributed by atoms with E-state index in [0.717, 1.165) is 30.8 Å². The van der Waals surface area contributed by atoms with Crippen LogP contribution in [-0.2, 0) is 20.7 Å². The molecule has 1 aromatic carbocycles. The van der Waals surface area contributed by atoms with Gasteiger partial charge in [0.1, 0.15) is 5.78 Å². The number of esters is 1. The zero-order valence-electron chi connectivity index (χ0n) is 17.8. The third-order valence-electron chi connectivity index (χ3n) is 5.35. The van der Waals surface area contributed by atoms with Gasteiger partial charge in [0.2, 0.25) is 0 Å². The van der Waals surface area contributed by atoms with Crippen LogP contribution >= 0.6 is 34.9 Å². The van der Waals surface area contributed by atoms with Crippen LogP contribution in [0.25, 0.3) is 10.1 Å². The van der Waals surface area contributed by atoms with Gasteiger partial charge in [0.05, 0.1) is 24.2 Å². The molecule has 1 aliphatic rings. The number of ether oxygens (including phenoxy) is 1. The molecule has 2 aromatic rings. The Morgan fingerprint density at radius 3 is 3.00 bits per heavy atom. The quantitative estimate of drug-likeness (QED) is 0.259. The minimum absolute atomic E-state index is 0.00310. The highest BCUT2D eigenvalue weighted by molar-refractivity contribution is 8.01. The standard InChI is InChI=1S/C24H30O4S3/c1-28-23(27)16-29-13-4-14-30-24-17(8-12-21(24)26)7-9-19(25)10-11-20-15-18-5-2-3-6-22(18)31-20/h2-3,5-7,9,15,17,19,24-25H,4,8,10-14,16H2,1H3/t17-,19+,24-/m1/s1. The topological polar surface area (TPSA) is 63.6 Å². The molecule has 3 rings (SSSR count). The van der Waals surface area contributed by atoms with Crippen LogP contribution in [0.5, 0.6) is 0 Å². The van der Waals surface area contributed by atoms with Gasteiger partial charge >= 0.3 is 5.97 Å². The first-order valence-corrected chi connectivity index (χ1v) is 13.7. The van der Waals surface area contributed by atoms with E-state index >= 15 is 0 Å². The van der Waals surface area contributed by atoms with Gasteiger partial charge in [-0.3, -0.25) is 9.59 Å². The fraction of sp³-hybridized carbons (Fsp3) is 0.500. The number of aliphatic hydroxyl groups is 1. The van der Waals surface area contributed by atoms with Crippen LogP contribution in [0.4, 0.5) is 0 Å². The zero-order valence-corrected chi connectivity index (χ0v) is 20.3. The molecule has 0 spiro atoms. The number of thioether (sulfide) groups is 2. The van der Waals surface area contributed by atoms with Gasteiger partial charge < -0.3 is 9.84 Å². The van der Waals surface area contributed by atoms with E-state index in [4.69, 9.17) is 0 Å². The highest BCUT2D eigenvalue weighted by atomic mass is 32.2. The summed E-state index contributed by atoms with van der Waals surface area (Å²) in [5.41, 5.74) is 0. The average molecular weight is 479 g/mol. The van der Waals surface area contributed by atoms with Crippen molar-refractivity contribution in [1.29, 1.82) is 0 Å². The molecule has 0 radical (unpaired) electrons. The molecule has 1 fully saturated rings. The first-order chi connectivity index (χ1) is 15.1. The summed E-state index contributed by atoms with van der Waals surface area (Å²) in [7, 11) is 1.40. The smallest absolute Gasteiger partial charge is 0.315 e. The number of hydrogen-bond acceptors (Lipinski definition) is 7. The van der Waals surface area contributed by atoms with E-state index in [-0.39, 0.29) is 17.1 Å². The molecule has 3 atom stereocenters. The Morgan fingerprint density at radius 2 is 2.19 bits per heavy atom. The molecule has 1 saturated carbocycles. The second-order valence-corrected chi connectivity index (χ2v) is 11.2. The van der Waals surface area contributed by atoms with Crippen molar-refractivity contribution >= 4 is 56.7 Å². The molecule has 4 nitrogen and oxygen atoms in total. The van der Waals surface area contributed by atoms with Gasteiger partial charge in [0.15, 0.2) is 0 Å². The zero-order chi connectivity index (χ0) is 22.1. The summed E-state index contributed by atoms with van der Waals surface area (Å²) in [5.74, 6) is 2.51. The predicted octanol–water partition coefficient (Wildman–Crippen LogP) is 5.13. The van der Waals surface area contributed by atoms with Crippen LogP contribution in [0.3, 0.4) is 0 Å². The molecule has 1 heterocycles. The monoisotopic (exact) mass is 478 g/mol. The predicted molar refractivity (Wildman–Crippen MR) is 133 cm³/mol. The lowest BCUT2D eigenvalue weighted by atomic mass is 10.0. The minimum Gasteiger partial charge on any atom is -0.468 e. The number of Topliss-reactive ketones (excluding diaryl/α,β-unsaturated/α-hetero) is 1. The second-order valence-electron chi connectivity index (χ2n) is 7.68. The molecule has 168 valence electrons. The normalized spacial score (nSPS) is 20.0. The molecular weight excluding hydrogens is 448 g/mol. The summed E-state index contributed by atoms with van der Waals surface area (Å²) in [5, 5.41) is 11.7. The summed E-state index contributed by atoms with van der Waals surface area (Å²) in [6.07, 6.45) is 7.47. The number of aryl methyl sites for hydroxylation is 1. The summed E-state index contributed by atoms with van der Waals surface area (Å²) < 4.78 is 5.92. The van der Waals surface area contributed by atoms with Crippen molar-refractivity contribution in [1.82, 2.24) is 0 Å². The molecule has 0 amide bonds. The average Bonchev–Trinajstić information content (AvgIpc) is 3.35. The lowest BCUT2D eigenvalue weighted by Crippen LogP contribution is -2.17. The summed E-state index contributed by atoms with van der Waals surface area (Å²) in [6, 6.07) is 10.6. The van der Waals surface area contributed by atoms with Crippen molar-refractivity contribution in [3.8, 4) is 0 Å². The van der Waals surface area contributed by atoms with Crippen LogP contribution in [0, 0.1) is 5.92 Å². The van der Waals surface area contributed by atoms with Crippen molar-refractivity contribution in [2.45, 2.75) is 43.5 Å². The van der Waals surface area contributed by atoms with Crippen LogP contribution in [0.1, 0.15) is 30.6 Å². The van der Waals surface area contributed by atoms with Gasteiger partial charge in [-0.1, -0.05) is 30.4 Å². The van der Waals surface area contributed by atoms with E-state index in [1.165, 1.54) is 22.1 Å². The van der Waals surface area contributed by atoms with E-state index in [2.05, 4.69) is 41.1 Å². The first-order valence-electron chi connectivity index (χ1n) is 10.7. The van der Waals surface area contributed by atoms with Gasteiger partial charge in [0.25, 0.3) is 0 Å². The van der Waals surface area contributed by atoms with Crippen molar-refractivity contribution in [3.63, 3.8) is 0 Å². The molecule has 0 bridgehead atoms. The minimum atomic E-state index is -0.485. The van der Waals surface area contributed by atoms with Gasteiger partial charge in [-0.2, -0.15) is 11.8 Å². The number of methoxy groups -OCH3 is 1. The number of rotatable bonds is 12. The summed E-state index contributed by atoms with van der Waals surface area (Å²) in [4.78, 5) is 24.7. The number of ketones is 1. The number of aliphatic hydroxyl groups excluding tert-OH is 1. The number of benzene rings is 1. The number of hydrogen-bond donors (Lipinski definition) is 1. The first kappa shape index (κ1) is 24.4. The maximum absolute atomic E-state index is 12.3. The van der Waals surface area contributed by atoms with E-state index < -0.39 is 6.10 Å². The maximum atomic E-state index is 12.3. The second kappa shape index (κ2) is 12.7. The number of carbonyl (C=O) groups is 2. The van der Waals surface area contributed by atoms with Crippen LogP contribution in [0.2, 0.25) is 0 Å². The van der Waals surface area contributed by atoms with Crippen LogP contribution in [0.15, 0.2) is 42.5 Å². The fourth-order valence-electron chi connectivity index (χ4n) is 3.66.